The highest BCUT2D eigenvalue weighted by Crippen LogP contribution is 2.11. The van der Waals surface area contributed by atoms with E-state index in [0.717, 1.165) is 19.3 Å². The normalized spacial score (nSPS) is 11.7. The molecule has 0 atom stereocenters. The van der Waals surface area contributed by atoms with E-state index >= 15 is 0 Å². The molecular weight excluding hydrogens is 330 g/mol. The van der Waals surface area contributed by atoms with E-state index in [2.05, 4.69) is 16.9 Å². The van der Waals surface area contributed by atoms with Gasteiger partial charge in [0.05, 0.1) is 16.9 Å². The van der Waals surface area contributed by atoms with Crippen molar-refractivity contribution in [3.63, 3.8) is 0 Å². The lowest BCUT2D eigenvalue weighted by Crippen LogP contribution is -2.21. The van der Waals surface area contributed by atoms with E-state index in [9.17, 15) is 18.5 Å². The zero-order valence-corrected chi connectivity index (χ0v) is 14.8. The van der Waals surface area contributed by atoms with Gasteiger partial charge in [-0.05, 0) is 6.42 Å². The average molecular weight is 355 g/mol. The lowest BCUT2D eigenvalue weighted by atomic mass is 10.1. The van der Waals surface area contributed by atoms with E-state index in [1.165, 1.54) is 43.7 Å². The molecule has 24 heavy (non-hydrogen) atoms. The van der Waals surface area contributed by atoms with Crippen LogP contribution >= 0.6 is 0 Å². The van der Waals surface area contributed by atoms with Crippen LogP contribution in [0.2, 0.25) is 0 Å². The third-order valence-corrected chi connectivity index (χ3v) is 4.71. The van der Waals surface area contributed by atoms with Crippen LogP contribution in [0.15, 0.2) is 29.4 Å². The van der Waals surface area contributed by atoms with Gasteiger partial charge in [0.2, 0.25) is 10.0 Å². The summed E-state index contributed by atoms with van der Waals surface area (Å²) in [5.74, 6) is 0.0348. The van der Waals surface area contributed by atoms with Gasteiger partial charge in [0.15, 0.2) is 0 Å². The number of non-ortho nitro benzene ring substituents is 1. The van der Waals surface area contributed by atoms with Crippen molar-refractivity contribution in [2.45, 2.75) is 51.9 Å². The quantitative estimate of drug-likeness (QED) is 0.268. The molecule has 1 rings (SSSR count). The third kappa shape index (κ3) is 8.61. The van der Waals surface area contributed by atoms with Crippen LogP contribution in [0.25, 0.3) is 0 Å². The van der Waals surface area contributed by atoms with Crippen LogP contribution in [-0.4, -0.2) is 25.3 Å². The maximum atomic E-state index is 11.8. The van der Waals surface area contributed by atoms with Crippen molar-refractivity contribution in [3.05, 3.63) is 39.9 Å². The van der Waals surface area contributed by atoms with Crippen molar-refractivity contribution in [2.24, 2.45) is 5.10 Å². The first kappa shape index (κ1) is 20.1. The molecule has 7 nitrogen and oxygen atoms in total. The first-order chi connectivity index (χ1) is 11.4. The topological polar surface area (TPSA) is 102 Å². The van der Waals surface area contributed by atoms with Gasteiger partial charge in [-0.1, -0.05) is 57.6 Å². The standard InChI is InChI=1S/C16H25N3O4S/c1-2-3-4-5-6-7-8-12-24(22,23)18-17-14-15-10-9-11-16(13-15)19(20)21/h9-11,13-14,18H,2-8,12H2,1H3. The smallest absolute Gasteiger partial charge is 0.258 e. The Morgan fingerprint density at radius 1 is 1.17 bits per heavy atom. The number of sulfonamides is 1. The van der Waals surface area contributed by atoms with Crippen molar-refractivity contribution in [3.8, 4) is 0 Å². The molecule has 134 valence electrons. The predicted octanol–water partition coefficient (Wildman–Crippen LogP) is 3.60. The maximum Gasteiger partial charge on any atom is 0.270 e. The Morgan fingerprint density at radius 2 is 1.83 bits per heavy atom. The van der Waals surface area contributed by atoms with Crippen molar-refractivity contribution in [1.29, 1.82) is 0 Å². The van der Waals surface area contributed by atoms with Gasteiger partial charge < -0.3 is 0 Å². The second-order valence-electron chi connectivity index (χ2n) is 5.64. The molecule has 0 aliphatic heterocycles. The second kappa shape index (κ2) is 10.7. The van der Waals surface area contributed by atoms with Gasteiger partial charge in [0.1, 0.15) is 0 Å². The largest absolute Gasteiger partial charge is 0.270 e. The Hall–Kier alpha value is -1.96. The van der Waals surface area contributed by atoms with E-state index in [0.29, 0.717) is 12.0 Å². The van der Waals surface area contributed by atoms with Gasteiger partial charge in [-0.25, -0.2) is 13.2 Å². The molecule has 0 aliphatic rings. The van der Waals surface area contributed by atoms with Crippen molar-refractivity contribution in [2.75, 3.05) is 5.75 Å². The molecule has 0 spiro atoms. The maximum absolute atomic E-state index is 11.8. The summed E-state index contributed by atoms with van der Waals surface area (Å²) in [5.41, 5.74) is 0.396. The summed E-state index contributed by atoms with van der Waals surface area (Å²) in [5, 5.41) is 14.3. The van der Waals surface area contributed by atoms with Gasteiger partial charge in [0.25, 0.3) is 5.69 Å². The molecule has 8 heteroatoms. The Morgan fingerprint density at radius 3 is 2.50 bits per heavy atom. The first-order valence-electron chi connectivity index (χ1n) is 8.21. The molecule has 1 aromatic rings. The van der Waals surface area contributed by atoms with E-state index < -0.39 is 14.9 Å². The van der Waals surface area contributed by atoms with Gasteiger partial charge in [-0.15, -0.1) is 0 Å². The van der Waals surface area contributed by atoms with Gasteiger partial charge in [-0.2, -0.15) is 5.10 Å². The second-order valence-corrected chi connectivity index (χ2v) is 7.46. The molecule has 0 fully saturated rings. The minimum atomic E-state index is -3.46. The molecule has 0 saturated carbocycles. The number of hydrogen-bond donors (Lipinski definition) is 1. The predicted molar refractivity (Wildman–Crippen MR) is 95.6 cm³/mol. The SMILES string of the molecule is CCCCCCCCCS(=O)(=O)NN=Cc1cccc([N+](=O)[O-])c1. The summed E-state index contributed by atoms with van der Waals surface area (Å²) in [7, 11) is -3.46. The molecule has 0 saturated heterocycles. The molecule has 0 heterocycles. The molecule has 1 N–H and O–H groups in total. The molecule has 0 amide bonds. The fraction of sp³-hybridized carbons (Fsp3) is 0.562. The molecular formula is C16H25N3O4S. The zero-order chi connectivity index (χ0) is 17.8. The summed E-state index contributed by atoms with van der Waals surface area (Å²) in [6.45, 7) is 2.16. The van der Waals surface area contributed by atoms with E-state index in [1.54, 1.807) is 6.07 Å². The van der Waals surface area contributed by atoms with E-state index in [-0.39, 0.29) is 11.4 Å². The summed E-state index contributed by atoms with van der Waals surface area (Å²) >= 11 is 0. The van der Waals surface area contributed by atoms with Crippen LogP contribution in [0.1, 0.15) is 57.4 Å². The van der Waals surface area contributed by atoms with Crippen molar-refractivity contribution < 1.29 is 13.3 Å². The highest BCUT2D eigenvalue weighted by Gasteiger charge is 2.08. The number of nitro benzene ring substituents is 1. The van der Waals surface area contributed by atoms with E-state index in [4.69, 9.17) is 0 Å². The molecule has 0 radical (unpaired) electrons. The summed E-state index contributed by atoms with van der Waals surface area (Å²) in [6.07, 6.45) is 8.57. The minimum Gasteiger partial charge on any atom is -0.258 e. The molecule has 0 unspecified atom stereocenters. The number of unbranched alkanes of at least 4 members (excludes halogenated alkanes) is 6. The molecule has 0 aromatic heterocycles. The zero-order valence-electron chi connectivity index (χ0n) is 14.0. The fourth-order valence-corrected chi connectivity index (χ4v) is 3.08. The summed E-state index contributed by atoms with van der Waals surface area (Å²) in [4.78, 5) is 12.3. The van der Waals surface area contributed by atoms with Crippen LogP contribution in [-0.2, 0) is 10.0 Å². The lowest BCUT2D eigenvalue weighted by Gasteiger charge is -2.03. The number of nitrogens with one attached hydrogen (secondary N) is 1. The number of nitro groups is 1. The van der Waals surface area contributed by atoms with Gasteiger partial charge >= 0.3 is 0 Å². The van der Waals surface area contributed by atoms with E-state index in [1.807, 2.05) is 0 Å². The van der Waals surface area contributed by atoms with Crippen LogP contribution < -0.4 is 4.83 Å². The molecule has 1 aromatic carbocycles. The van der Waals surface area contributed by atoms with Crippen molar-refractivity contribution in [1.82, 2.24) is 4.83 Å². The Kier molecular flexibility index (Phi) is 8.99. The van der Waals surface area contributed by atoms with Crippen LogP contribution in [0.5, 0.6) is 0 Å². The average Bonchev–Trinajstić information content (AvgIpc) is 2.54. The Bertz CT molecular complexity index is 644. The first-order valence-corrected chi connectivity index (χ1v) is 9.87. The van der Waals surface area contributed by atoms with Crippen LogP contribution in [0.3, 0.4) is 0 Å². The number of hydrogen-bond acceptors (Lipinski definition) is 5. The highest BCUT2D eigenvalue weighted by molar-refractivity contribution is 7.89. The summed E-state index contributed by atoms with van der Waals surface area (Å²) in [6, 6.07) is 5.82. The molecule has 0 bridgehead atoms. The lowest BCUT2D eigenvalue weighted by molar-refractivity contribution is -0.384. The Balaban J connectivity index is 2.34. The van der Waals surface area contributed by atoms with Gasteiger partial charge in [-0.3, -0.25) is 10.1 Å². The Labute approximate surface area is 143 Å². The summed E-state index contributed by atoms with van der Waals surface area (Å²) < 4.78 is 23.6. The monoisotopic (exact) mass is 355 g/mol. The number of hydrazone groups is 1. The minimum absolute atomic E-state index is 0.0348. The van der Waals surface area contributed by atoms with Crippen LogP contribution in [0, 0.1) is 10.1 Å². The number of nitrogens with zero attached hydrogens (tertiary/aromatic N) is 2. The van der Waals surface area contributed by atoms with Crippen LogP contribution in [0.4, 0.5) is 5.69 Å². The molecule has 0 aliphatic carbocycles. The number of rotatable bonds is 12. The third-order valence-electron chi connectivity index (χ3n) is 3.50. The highest BCUT2D eigenvalue weighted by atomic mass is 32.2. The van der Waals surface area contributed by atoms with Gasteiger partial charge in [0, 0.05) is 17.7 Å². The fourth-order valence-electron chi connectivity index (χ4n) is 2.19. The number of benzene rings is 1. The van der Waals surface area contributed by atoms with Crippen molar-refractivity contribution >= 4 is 21.9 Å².